The molecule has 0 fully saturated rings. The first-order chi connectivity index (χ1) is 13.3. The van der Waals surface area contributed by atoms with Gasteiger partial charge < -0.3 is 10.7 Å². The number of fused-ring (bicyclic) bond motifs is 1. The van der Waals surface area contributed by atoms with E-state index < -0.39 is 0 Å². The maximum atomic E-state index is 12.9. The number of nitrogen functional groups attached to an aromatic ring is 1. The lowest BCUT2D eigenvalue weighted by Crippen LogP contribution is -2.43. The zero-order valence-electron chi connectivity index (χ0n) is 16.4. The van der Waals surface area contributed by atoms with E-state index in [4.69, 9.17) is 5.84 Å². The van der Waals surface area contributed by atoms with Gasteiger partial charge in [0.1, 0.15) is 4.83 Å². The van der Waals surface area contributed by atoms with Gasteiger partial charge in [0.05, 0.1) is 11.1 Å². The Morgan fingerprint density at radius 3 is 2.46 bits per heavy atom. The summed E-state index contributed by atoms with van der Waals surface area (Å²) in [6.45, 7) is 7.95. The van der Waals surface area contributed by atoms with Crippen molar-refractivity contribution in [2.45, 2.75) is 44.9 Å². The number of amides is 1. The lowest BCUT2D eigenvalue weighted by molar-refractivity contribution is -0.131. The number of carbonyl (C=O) groups excluding carboxylic acids is 1. The van der Waals surface area contributed by atoms with Gasteiger partial charge in [-0.1, -0.05) is 42.1 Å². The van der Waals surface area contributed by atoms with Crippen LogP contribution >= 0.6 is 23.1 Å². The largest absolute Gasteiger partial charge is 0.337 e. The molecule has 0 spiro atoms. The van der Waals surface area contributed by atoms with Crippen LogP contribution in [0.5, 0.6) is 0 Å². The van der Waals surface area contributed by atoms with E-state index in [2.05, 4.69) is 4.98 Å². The monoisotopic (exact) mass is 416 g/mol. The molecule has 0 atom stereocenters. The highest BCUT2D eigenvalue weighted by Gasteiger charge is 2.22. The van der Waals surface area contributed by atoms with Gasteiger partial charge in [-0.3, -0.25) is 9.59 Å². The van der Waals surface area contributed by atoms with Crippen LogP contribution in [0.1, 0.15) is 27.7 Å². The number of rotatable bonds is 6. The van der Waals surface area contributed by atoms with E-state index in [9.17, 15) is 9.59 Å². The molecule has 6 nitrogen and oxygen atoms in total. The summed E-state index contributed by atoms with van der Waals surface area (Å²) < 4.78 is 1.05. The standard InChI is InChI=1S/C20H24N4O2S2/c1-12(2)23(13(3)4)16(25)11-28-20-22-18-17(19(26)24(20)21)15(10-27-18)14-8-6-5-7-9-14/h5-10,12-13H,11,21H2,1-4H3. The van der Waals surface area contributed by atoms with Gasteiger partial charge in [0.2, 0.25) is 5.91 Å². The Kier molecular flexibility index (Phi) is 6.10. The SMILES string of the molecule is CC(C)N(C(=O)CSc1nc2scc(-c3ccccc3)c2c(=O)n1N)C(C)C. The number of benzene rings is 1. The molecule has 1 amide bonds. The van der Waals surface area contributed by atoms with E-state index >= 15 is 0 Å². The maximum Gasteiger partial charge on any atom is 0.282 e. The molecule has 0 bridgehead atoms. The summed E-state index contributed by atoms with van der Waals surface area (Å²) in [7, 11) is 0. The van der Waals surface area contributed by atoms with E-state index in [0.29, 0.717) is 15.4 Å². The predicted molar refractivity (Wildman–Crippen MR) is 117 cm³/mol. The molecule has 0 aliphatic rings. The molecule has 0 radical (unpaired) electrons. The van der Waals surface area contributed by atoms with Crippen molar-refractivity contribution in [1.82, 2.24) is 14.6 Å². The zero-order valence-corrected chi connectivity index (χ0v) is 18.0. The van der Waals surface area contributed by atoms with Crippen LogP contribution in [0.15, 0.2) is 45.7 Å². The van der Waals surface area contributed by atoms with Crippen molar-refractivity contribution in [3.8, 4) is 11.1 Å². The molecular formula is C20H24N4O2S2. The first kappa shape index (κ1) is 20.4. The lowest BCUT2D eigenvalue weighted by atomic mass is 10.1. The summed E-state index contributed by atoms with van der Waals surface area (Å²) >= 11 is 2.60. The number of nitrogens with zero attached hydrogens (tertiary/aromatic N) is 3. The van der Waals surface area contributed by atoms with Crippen molar-refractivity contribution in [3.05, 3.63) is 46.1 Å². The molecule has 8 heteroatoms. The predicted octanol–water partition coefficient (Wildman–Crippen LogP) is 3.58. The fourth-order valence-electron chi connectivity index (χ4n) is 3.29. The van der Waals surface area contributed by atoms with Crippen LogP contribution in [-0.2, 0) is 4.79 Å². The molecule has 3 aromatic rings. The van der Waals surface area contributed by atoms with Crippen LogP contribution in [0.2, 0.25) is 0 Å². The highest BCUT2D eigenvalue weighted by Crippen LogP contribution is 2.31. The van der Waals surface area contributed by atoms with E-state index in [1.807, 2.05) is 68.3 Å². The Hall–Kier alpha value is -2.32. The molecule has 28 heavy (non-hydrogen) atoms. The molecule has 2 heterocycles. The third-order valence-corrected chi connectivity index (χ3v) is 6.23. The van der Waals surface area contributed by atoms with Crippen molar-refractivity contribution in [1.29, 1.82) is 0 Å². The molecule has 2 N–H and O–H groups in total. The number of thiophene rings is 1. The zero-order chi connectivity index (χ0) is 20.4. The van der Waals surface area contributed by atoms with Crippen molar-refractivity contribution < 1.29 is 4.79 Å². The van der Waals surface area contributed by atoms with Crippen LogP contribution in [0.4, 0.5) is 0 Å². The Morgan fingerprint density at radius 2 is 1.86 bits per heavy atom. The van der Waals surface area contributed by atoms with Gasteiger partial charge in [-0.2, -0.15) is 0 Å². The van der Waals surface area contributed by atoms with Gasteiger partial charge in [-0.05, 0) is 33.3 Å². The van der Waals surface area contributed by atoms with Crippen LogP contribution in [0.3, 0.4) is 0 Å². The summed E-state index contributed by atoms with van der Waals surface area (Å²) in [6, 6.07) is 9.91. The molecule has 2 aromatic heterocycles. The molecule has 0 aliphatic heterocycles. The summed E-state index contributed by atoms with van der Waals surface area (Å²) in [4.78, 5) is 32.5. The Labute approximate surface area is 172 Å². The van der Waals surface area contributed by atoms with Crippen molar-refractivity contribution in [3.63, 3.8) is 0 Å². The van der Waals surface area contributed by atoms with Crippen molar-refractivity contribution in [2.24, 2.45) is 0 Å². The molecule has 1 aromatic carbocycles. The Bertz CT molecular complexity index is 1030. The van der Waals surface area contributed by atoms with Crippen LogP contribution in [0, 0.1) is 0 Å². The molecule has 0 saturated carbocycles. The van der Waals surface area contributed by atoms with E-state index in [0.717, 1.165) is 15.8 Å². The summed E-state index contributed by atoms with van der Waals surface area (Å²) in [6.07, 6.45) is 0. The minimum atomic E-state index is -0.301. The van der Waals surface area contributed by atoms with Gasteiger partial charge in [0, 0.05) is 23.0 Å². The van der Waals surface area contributed by atoms with Crippen LogP contribution in [0.25, 0.3) is 21.3 Å². The third-order valence-electron chi connectivity index (χ3n) is 4.42. The van der Waals surface area contributed by atoms with Crippen molar-refractivity contribution in [2.75, 3.05) is 11.6 Å². The highest BCUT2D eigenvalue weighted by atomic mass is 32.2. The summed E-state index contributed by atoms with van der Waals surface area (Å²) in [5.74, 6) is 6.22. The Morgan fingerprint density at radius 1 is 1.21 bits per heavy atom. The first-order valence-electron chi connectivity index (χ1n) is 9.10. The van der Waals surface area contributed by atoms with Crippen molar-refractivity contribution >= 4 is 39.2 Å². The number of hydrogen-bond donors (Lipinski definition) is 1. The molecular weight excluding hydrogens is 392 g/mol. The van der Waals surface area contributed by atoms with Gasteiger partial charge in [-0.25, -0.2) is 9.66 Å². The Balaban J connectivity index is 1.91. The van der Waals surface area contributed by atoms with Crippen LogP contribution in [-0.4, -0.2) is 38.3 Å². The third kappa shape index (κ3) is 3.93. The second kappa shape index (κ2) is 8.36. The lowest BCUT2D eigenvalue weighted by Gasteiger charge is -2.30. The minimum absolute atomic E-state index is 0.000463. The molecule has 3 rings (SSSR count). The second-order valence-electron chi connectivity index (χ2n) is 7.04. The fourth-order valence-corrected chi connectivity index (χ4v) is 5.06. The average molecular weight is 417 g/mol. The minimum Gasteiger partial charge on any atom is -0.337 e. The normalized spacial score (nSPS) is 11.5. The van der Waals surface area contributed by atoms with Gasteiger partial charge in [-0.15, -0.1) is 11.3 Å². The number of hydrogen-bond acceptors (Lipinski definition) is 6. The average Bonchev–Trinajstić information content (AvgIpc) is 3.07. The number of carbonyl (C=O) groups is 1. The highest BCUT2D eigenvalue weighted by molar-refractivity contribution is 7.99. The number of thioether (sulfide) groups is 1. The number of nitrogens with two attached hydrogens (primary N) is 1. The molecule has 0 unspecified atom stereocenters. The quantitative estimate of drug-likeness (QED) is 0.377. The first-order valence-corrected chi connectivity index (χ1v) is 11.0. The van der Waals surface area contributed by atoms with Crippen LogP contribution < -0.4 is 11.4 Å². The fraction of sp³-hybridized carbons (Fsp3) is 0.350. The smallest absolute Gasteiger partial charge is 0.282 e. The van der Waals surface area contributed by atoms with E-state index in [1.165, 1.54) is 23.1 Å². The topological polar surface area (TPSA) is 81.2 Å². The maximum absolute atomic E-state index is 12.9. The summed E-state index contributed by atoms with van der Waals surface area (Å²) in [5, 5.41) is 2.79. The molecule has 0 aliphatic carbocycles. The number of aromatic nitrogens is 2. The molecule has 148 valence electrons. The van der Waals surface area contributed by atoms with E-state index in [1.54, 1.807) is 0 Å². The van der Waals surface area contributed by atoms with E-state index in [-0.39, 0.29) is 29.3 Å². The van der Waals surface area contributed by atoms with Gasteiger partial charge in [0.25, 0.3) is 5.56 Å². The molecule has 0 saturated heterocycles. The summed E-state index contributed by atoms with van der Waals surface area (Å²) in [5.41, 5.74) is 1.48. The van der Waals surface area contributed by atoms with Gasteiger partial charge in [0.15, 0.2) is 5.16 Å². The second-order valence-corrected chi connectivity index (χ2v) is 8.84. The van der Waals surface area contributed by atoms with Gasteiger partial charge >= 0.3 is 0 Å².